The van der Waals surface area contributed by atoms with E-state index in [9.17, 15) is 0 Å². The predicted molar refractivity (Wildman–Crippen MR) is 71.4 cm³/mol. The van der Waals surface area contributed by atoms with Crippen LogP contribution >= 0.6 is 0 Å². The van der Waals surface area contributed by atoms with Gasteiger partial charge in [-0.3, -0.25) is 0 Å². The van der Waals surface area contributed by atoms with Crippen LogP contribution in [-0.2, 0) is 13.5 Å². The number of fused-ring (bicyclic) bond motifs is 1. The summed E-state index contributed by atoms with van der Waals surface area (Å²) in [7, 11) is 3.78. The number of nitrogens with zero attached hydrogens (tertiary/aromatic N) is 1. The molecule has 0 aliphatic heterocycles. The molecule has 0 saturated carbocycles. The number of benzene rings is 1. The van der Waals surface area contributed by atoms with Gasteiger partial charge in [-0.15, -0.1) is 0 Å². The first-order chi connectivity index (χ1) is 8.15. The molecule has 1 atom stereocenters. The molecule has 92 valence electrons. The maximum Gasteiger partial charge on any atom is 0.120 e. The molecule has 0 radical (unpaired) electrons. The number of hydrogen-bond acceptors (Lipinski definition) is 2. The minimum Gasteiger partial charge on any atom is -0.497 e. The van der Waals surface area contributed by atoms with Gasteiger partial charge in [0, 0.05) is 36.7 Å². The molecule has 2 rings (SSSR count). The standard InChI is InChI=1S/C14H20N2O/c1-4-11(15)8-12-7-10-5-6-13(17-3)9-14(10)16(12)2/h5-7,9,11H,4,8,15H2,1-3H3. The van der Waals surface area contributed by atoms with Crippen LogP contribution in [0.2, 0.25) is 0 Å². The van der Waals surface area contributed by atoms with Crippen LogP contribution in [0.25, 0.3) is 10.9 Å². The van der Waals surface area contributed by atoms with Crippen molar-refractivity contribution >= 4 is 10.9 Å². The highest BCUT2D eigenvalue weighted by molar-refractivity contribution is 5.82. The van der Waals surface area contributed by atoms with Gasteiger partial charge < -0.3 is 15.0 Å². The number of aromatic nitrogens is 1. The van der Waals surface area contributed by atoms with Gasteiger partial charge in [-0.05, 0) is 24.6 Å². The molecule has 1 aromatic carbocycles. The van der Waals surface area contributed by atoms with E-state index < -0.39 is 0 Å². The molecule has 0 saturated heterocycles. The molecule has 0 spiro atoms. The number of rotatable bonds is 4. The van der Waals surface area contributed by atoms with Crippen molar-refractivity contribution in [1.82, 2.24) is 4.57 Å². The fourth-order valence-electron chi connectivity index (χ4n) is 2.10. The largest absolute Gasteiger partial charge is 0.497 e. The third-order valence-corrected chi connectivity index (χ3v) is 3.35. The van der Waals surface area contributed by atoms with Gasteiger partial charge in [-0.2, -0.15) is 0 Å². The highest BCUT2D eigenvalue weighted by atomic mass is 16.5. The van der Waals surface area contributed by atoms with Gasteiger partial charge in [-0.25, -0.2) is 0 Å². The van der Waals surface area contributed by atoms with Crippen LogP contribution in [0.3, 0.4) is 0 Å². The lowest BCUT2D eigenvalue weighted by Gasteiger charge is -2.09. The van der Waals surface area contributed by atoms with Crippen molar-refractivity contribution < 1.29 is 4.74 Å². The average Bonchev–Trinajstić information content (AvgIpc) is 2.66. The van der Waals surface area contributed by atoms with E-state index in [1.807, 2.05) is 6.07 Å². The van der Waals surface area contributed by atoms with E-state index in [1.165, 1.54) is 16.6 Å². The van der Waals surface area contributed by atoms with Gasteiger partial charge in [0.2, 0.25) is 0 Å². The van der Waals surface area contributed by atoms with E-state index in [2.05, 4.69) is 36.7 Å². The maximum absolute atomic E-state index is 6.01. The summed E-state index contributed by atoms with van der Waals surface area (Å²) in [5, 5.41) is 1.24. The van der Waals surface area contributed by atoms with E-state index in [1.54, 1.807) is 7.11 Å². The third-order valence-electron chi connectivity index (χ3n) is 3.35. The lowest BCUT2D eigenvalue weighted by molar-refractivity contribution is 0.415. The first-order valence-electron chi connectivity index (χ1n) is 6.03. The van der Waals surface area contributed by atoms with Crippen LogP contribution in [0.15, 0.2) is 24.3 Å². The Morgan fingerprint density at radius 3 is 2.76 bits per heavy atom. The summed E-state index contributed by atoms with van der Waals surface area (Å²) in [5.74, 6) is 0.894. The molecule has 0 amide bonds. The van der Waals surface area contributed by atoms with Crippen LogP contribution < -0.4 is 10.5 Å². The van der Waals surface area contributed by atoms with Crippen LogP contribution in [0.5, 0.6) is 5.75 Å². The topological polar surface area (TPSA) is 40.2 Å². The number of aryl methyl sites for hydroxylation is 1. The Morgan fingerprint density at radius 2 is 2.12 bits per heavy atom. The molecule has 1 heterocycles. The van der Waals surface area contributed by atoms with Crippen molar-refractivity contribution in [3.05, 3.63) is 30.0 Å². The molecule has 1 aromatic heterocycles. The Bertz CT molecular complexity index is 516. The van der Waals surface area contributed by atoms with E-state index in [-0.39, 0.29) is 6.04 Å². The number of ether oxygens (including phenoxy) is 1. The zero-order valence-electron chi connectivity index (χ0n) is 10.7. The van der Waals surface area contributed by atoms with Gasteiger partial charge in [0.1, 0.15) is 5.75 Å². The fraction of sp³-hybridized carbons (Fsp3) is 0.429. The second-order valence-electron chi connectivity index (χ2n) is 4.49. The van der Waals surface area contributed by atoms with Gasteiger partial charge in [0.05, 0.1) is 12.6 Å². The van der Waals surface area contributed by atoms with E-state index >= 15 is 0 Å². The van der Waals surface area contributed by atoms with Crippen LogP contribution in [0, 0.1) is 0 Å². The molecule has 2 N–H and O–H groups in total. The lowest BCUT2D eigenvalue weighted by Crippen LogP contribution is -2.22. The third kappa shape index (κ3) is 2.29. The molecule has 0 aliphatic rings. The second kappa shape index (κ2) is 4.80. The monoisotopic (exact) mass is 232 g/mol. The summed E-state index contributed by atoms with van der Waals surface area (Å²) in [6, 6.07) is 8.60. The van der Waals surface area contributed by atoms with Crippen LogP contribution in [0.4, 0.5) is 0 Å². The first kappa shape index (κ1) is 12.0. The van der Waals surface area contributed by atoms with Gasteiger partial charge in [0.15, 0.2) is 0 Å². The predicted octanol–water partition coefficient (Wildman–Crippen LogP) is 2.47. The van der Waals surface area contributed by atoms with Crippen molar-refractivity contribution in [2.24, 2.45) is 12.8 Å². The summed E-state index contributed by atoms with van der Waals surface area (Å²) in [6.07, 6.45) is 1.93. The summed E-state index contributed by atoms with van der Waals surface area (Å²) < 4.78 is 7.45. The average molecular weight is 232 g/mol. The zero-order valence-corrected chi connectivity index (χ0v) is 10.7. The highest BCUT2D eigenvalue weighted by Gasteiger charge is 2.09. The summed E-state index contributed by atoms with van der Waals surface area (Å²) >= 11 is 0. The van der Waals surface area contributed by atoms with Crippen LogP contribution in [-0.4, -0.2) is 17.7 Å². The molecular formula is C14H20N2O. The molecule has 3 nitrogen and oxygen atoms in total. The highest BCUT2D eigenvalue weighted by Crippen LogP contribution is 2.24. The van der Waals surface area contributed by atoms with Crippen LogP contribution in [0.1, 0.15) is 19.0 Å². The molecule has 3 heteroatoms. The van der Waals surface area contributed by atoms with Crippen molar-refractivity contribution in [2.45, 2.75) is 25.8 Å². The minimum absolute atomic E-state index is 0.236. The summed E-state index contributed by atoms with van der Waals surface area (Å²) in [6.45, 7) is 2.12. The Morgan fingerprint density at radius 1 is 1.35 bits per heavy atom. The molecule has 0 bridgehead atoms. The number of hydrogen-bond donors (Lipinski definition) is 1. The Balaban J connectivity index is 2.42. The summed E-state index contributed by atoms with van der Waals surface area (Å²) in [5.41, 5.74) is 8.49. The fourth-order valence-corrected chi connectivity index (χ4v) is 2.10. The molecule has 1 unspecified atom stereocenters. The molecule has 0 aliphatic carbocycles. The zero-order chi connectivity index (χ0) is 12.4. The van der Waals surface area contributed by atoms with Gasteiger partial charge in [0.25, 0.3) is 0 Å². The SMILES string of the molecule is CCC(N)Cc1cc2ccc(OC)cc2n1C. The van der Waals surface area contributed by atoms with Crippen molar-refractivity contribution in [3.63, 3.8) is 0 Å². The molecule has 2 aromatic rings. The van der Waals surface area contributed by atoms with Gasteiger partial charge in [-0.1, -0.05) is 6.92 Å². The first-order valence-corrected chi connectivity index (χ1v) is 6.03. The Labute approximate surface area is 102 Å². The van der Waals surface area contributed by atoms with Crippen molar-refractivity contribution in [3.8, 4) is 5.75 Å². The van der Waals surface area contributed by atoms with E-state index in [4.69, 9.17) is 10.5 Å². The molecular weight excluding hydrogens is 212 g/mol. The Hall–Kier alpha value is -1.48. The van der Waals surface area contributed by atoms with Crippen molar-refractivity contribution in [1.29, 1.82) is 0 Å². The van der Waals surface area contributed by atoms with E-state index in [0.717, 1.165) is 18.6 Å². The quantitative estimate of drug-likeness (QED) is 0.879. The second-order valence-corrected chi connectivity index (χ2v) is 4.49. The lowest BCUT2D eigenvalue weighted by atomic mass is 10.1. The smallest absolute Gasteiger partial charge is 0.120 e. The molecule has 0 fully saturated rings. The minimum atomic E-state index is 0.236. The van der Waals surface area contributed by atoms with Gasteiger partial charge >= 0.3 is 0 Å². The van der Waals surface area contributed by atoms with Crippen molar-refractivity contribution in [2.75, 3.05) is 7.11 Å². The Kier molecular flexibility index (Phi) is 3.38. The maximum atomic E-state index is 6.01. The number of nitrogens with two attached hydrogens (primary N) is 1. The normalized spacial score (nSPS) is 12.9. The summed E-state index contributed by atoms with van der Waals surface area (Å²) in [4.78, 5) is 0. The number of methoxy groups -OCH3 is 1. The molecule has 17 heavy (non-hydrogen) atoms. The van der Waals surface area contributed by atoms with E-state index in [0.29, 0.717) is 0 Å².